The third-order valence-corrected chi connectivity index (χ3v) is 8.52. The van der Waals surface area contributed by atoms with Gasteiger partial charge < -0.3 is 9.64 Å². The molecule has 2 atom stereocenters. The predicted octanol–water partition coefficient (Wildman–Crippen LogP) is 7.22. The van der Waals surface area contributed by atoms with E-state index in [2.05, 4.69) is 0 Å². The van der Waals surface area contributed by atoms with Crippen molar-refractivity contribution in [2.45, 2.75) is 59.7 Å². The van der Waals surface area contributed by atoms with Crippen LogP contribution >= 0.6 is 23.2 Å². The number of hydrogen-bond donors (Lipinski definition) is 0. The molecule has 0 aliphatic carbocycles. The Morgan fingerprint density at radius 1 is 1.00 bits per heavy atom. The largest absolute Gasteiger partial charge is 0.456 e. The molecule has 1 aliphatic rings. The van der Waals surface area contributed by atoms with Crippen LogP contribution in [0.1, 0.15) is 75.5 Å². The molecule has 0 spiro atoms. The zero-order chi connectivity index (χ0) is 31.2. The summed E-state index contributed by atoms with van der Waals surface area (Å²) < 4.78 is 21.4. The summed E-state index contributed by atoms with van der Waals surface area (Å²) in [6.07, 6.45) is -0.362. The van der Waals surface area contributed by atoms with E-state index < -0.39 is 6.10 Å². The summed E-state index contributed by atoms with van der Waals surface area (Å²) in [6, 6.07) is 13.8. The molecule has 222 valence electrons. The van der Waals surface area contributed by atoms with Gasteiger partial charge in [-0.15, -0.1) is 0 Å². The summed E-state index contributed by atoms with van der Waals surface area (Å²) >= 11 is 12.8. The summed E-state index contributed by atoms with van der Waals surface area (Å²) in [5.74, 6) is -0.746. The van der Waals surface area contributed by atoms with Crippen molar-refractivity contribution in [1.82, 2.24) is 14.5 Å². The van der Waals surface area contributed by atoms with Gasteiger partial charge in [-0.25, -0.2) is 8.96 Å². The molecule has 1 amide bonds. The van der Waals surface area contributed by atoms with Gasteiger partial charge in [0.15, 0.2) is 5.78 Å². The van der Waals surface area contributed by atoms with E-state index in [0.717, 1.165) is 5.56 Å². The zero-order valence-corrected chi connectivity index (χ0v) is 25.9. The van der Waals surface area contributed by atoms with E-state index in [0.29, 0.717) is 44.2 Å². The maximum Gasteiger partial charge on any atom is 0.304 e. The third-order valence-electron chi connectivity index (χ3n) is 7.80. The van der Waals surface area contributed by atoms with E-state index in [4.69, 9.17) is 32.9 Å². The molecule has 0 saturated heterocycles. The van der Waals surface area contributed by atoms with Crippen molar-refractivity contribution in [3.05, 3.63) is 120 Å². The van der Waals surface area contributed by atoms with E-state index in [1.54, 1.807) is 55.1 Å². The van der Waals surface area contributed by atoms with Crippen LogP contribution in [0.2, 0.25) is 10.0 Å². The molecule has 43 heavy (non-hydrogen) atoms. The molecule has 7 nitrogen and oxygen atoms in total. The second-order valence-electron chi connectivity index (χ2n) is 10.9. The van der Waals surface area contributed by atoms with Crippen molar-refractivity contribution in [2.24, 2.45) is 0 Å². The minimum absolute atomic E-state index is 0.0401. The van der Waals surface area contributed by atoms with Crippen LogP contribution in [0.3, 0.4) is 0 Å². The summed E-state index contributed by atoms with van der Waals surface area (Å²) in [6.45, 7) is 8.78. The van der Waals surface area contributed by atoms with Crippen LogP contribution in [0.5, 0.6) is 6.01 Å². The van der Waals surface area contributed by atoms with Crippen LogP contribution in [-0.2, 0) is 13.0 Å². The minimum Gasteiger partial charge on any atom is -0.456 e. The van der Waals surface area contributed by atoms with Crippen molar-refractivity contribution in [1.29, 1.82) is 0 Å². The van der Waals surface area contributed by atoms with E-state index in [-0.39, 0.29) is 53.1 Å². The molecule has 10 heteroatoms. The second-order valence-corrected chi connectivity index (χ2v) is 11.7. The number of rotatable bonds is 6. The monoisotopic (exact) mass is 621 g/mol. The number of Topliss-reactive ketones (excluding diaryl/α,β-unsaturated/α-hetero) is 1. The van der Waals surface area contributed by atoms with Gasteiger partial charge in [-0.05, 0) is 106 Å². The summed E-state index contributed by atoms with van der Waals surface area (Å²) in [4.78, 5) is 46.1. The fraction of sp³-hybridized carbons (Fsp3) is 0.273. The van der Waals surface area contributed by atoms with Crippen LogP contribution < -0.4 is 10.3 Å². The van der Waals surface area contributed by atoms with Crippen molar-refractivity contribution in [3.8, 4) is 11.7 Å². The number of benzene rings is 3. The number of hydrogen-bond acceptors (Lipinski definition) is 5. The molecule has 1 aromatic heterocycles. The number of carbonyl (C=O) groups is 2. The lowest BCUT2D eigenvalue weighted by molar-refractivity contribution is 0.0650. The lowest BCUT2D eigenvalue weighted by atomic mass is 9.98. The molecule has 0 radical (unpaired) electrons. The fourth-order valence-electron chi connectivity index (χ4n) is 5.37. The van der Waals surface area contributed by atoms with E-state index >= 15 is 0 Å². The van der Waals surface area contributed by atoms with Gasteiger partial charge in [0.25, 0.3) is 11.5 Å². The lowest BCUT2D eigenvalue weighted by Gasteiger charge is -2.34. The van der Waals surface area contributed by atoms with E-state index in [1.165, 1.54) is 29.7 Å². The number of ketones is 1. The summed E-state index contributed by atoms with van der Waals surface area (Å²) in [5, 5.41) is 0.740. The Kier molecular flexibility index (Phi) is 8.45. The molecule has 3 aromatic carbocycles. The van der Waals surface area contributed by atoms with Crippen LogP contribution in [-0.4, -0.2) is 32.2 Å². The van der Waals surface area contributed by atoms with Crippen LogP contribution in [0.15, 0.2) is 59.4 Å². The maximum absolute atomic E-state index is 14.2. The molecule has 1 aliphatic heterocycles. The number of aryl methyl sites for hydroxylation is 2. The molecule has 0 bridgehead atoms. The first-order valence-corrected chi connectivity index (χ1v) is 14.6. The van der Waals surface area contributed by atoms with Gasteiger partial charge >= 0.3 is 6.01 Å². The quantitative estimate of drug-likeness (QED) is 0.212. The standard InChI is InChI=1S/C33H30Cl2FN3O4/c1-17-13-24(36)8-9-25(17)21(5)43-33-37-29-16-38(31(41)23-6-10-27(34)18(2)12-23)19(3)14-26(29)32(42)39(33)30-11-7-22(20(4)40)15-28(30)35/h6-13,15,19,21H,14,16H2,1-5H3. The average Bonchev–Trinajstić information content (AvgIpc) is 2.95. The van der Waals surface area contributed by atoms with Gasteiger partial charge in [0.1, 0.15) is 11.9 Å². The number of ether oxygens (including phenoxy) is 1. The van der Waals surface area contributed by atoms with Crippen LogP contribution in [0.25, 0.3) is 5.69 Å². The Labute approximate surface area is 258 Å². The smallest absolute Gasteiger partial charge is 0.304 e. The number of amides is 1. The predicted molar refractivity (Wildman–Crippen MR) is 164 cm³/mol. The first kappa shape index (κ1) is 30.4. The van der Waals surface area contributed by atoms with Crippen molar-refractivity contribution >= 4 is 34.9 Å². The number of aromatic nitrogens is 2. The van der Waals surface area contributed by atoms with Crippen molar-refractivity contribution in [3.63, 3.8) is 0 Å². The topological polar surface area (TPSA) is 81.5 Å². The van der Waals surface area contributed by atoms with Gasteiger partial charge in [0.05, 0.1) is 22.9 Å². The van der Waals surface area contributed by atoms with Crippen molar-refractivity contribution < 1.29 is 18.7 Å². The summed E-state index contributed by atoms with van der Waals surface area (Å²) in [5.41, 5.74) is 3.81. The molecular formula is C33H30Cl2FN3O4. The van der Waals surface area contributed by atoms with Crippen LogP contribution in [0, 0.1) is 19.7 Å². The SMILES string of the molecule is CC(=O)c1ccc(-n2c(OC(C)c3ccc(F)cc3C)nc3c(c2=O)CC(C)N(C(=O)c2ccc(Cl)c(C)c2)C3)c(Cl)c1. The minimum atomic E-state index is -0.621. The first-order chi connectivity index (χ1) is 20.3. The highest BCUT2D eigenvalue weighted by Crippen LogP contribution is 2.31. The molecule has 0 saturated carbocycles. The lowest BCUT2D eigenvalue weighted by Crippen LogP contribution is -2.46. The normalized spacial score (nSPS) is 15.2. The molecule has 0 fully saturated rings. The fourth-order valence-corrected chi connectivity index (χ4v) is 5.75. The molecule has 5 rings (SSSR count). The molecule has 0 N–H and O–H groups in total. The van der Waals surface area contributed by atoms with Gasteiger partial charge in [-0.1, -0.05) is 29.3 Å². The number of nitrogens with zero attached hydrogens (tertiary/aromatic N) is 3. The first-order valence-electron chi connectivity index (χ1n) is 13.8. The summed E-state index contributed by atoms with van der Waals surface area (Å²) in [7, 11) is 0. The highest BCUT2D eigenvalue weighted by atomic mass is 35.5. The molecule has 2 unspecified atom stereocenters. The maximum atomic E-state index is 14.2. The Balaban J connectivity index is 1.62. The number of fused-ring (bicyclic) bond motifs is 1. The Hall–Kier alpha value is -4.01. The highest BCUT2D eigenvalue weighted by Gasteiger charge is 2.33. The van der Waals surface area contributed by atoms with Gasteiger partial charge in [-0.2, -0.15) is 4.98 Å². The third kappa shape index (κ3) is 5.94. The van der Waals surface area contributed by atoms with Gasteiger partial charge in [0, 0.05) is 27.8 Å². The van der Waals surface area contributed by atoms with E-state index in [1.807, 2.05) is 13.8 Å². The molecular weight excluding hydrogens is 592 g/mol. The number of halogens is 3. The van der Waals surface area contributed by atoms with Gasteiger partial charge in [0.2, 0.25) is 0 Å². The Morgan fingerprint density at radius 3 is 2.37 bits per heavy atom. The second kappa shape index (κ2) is 11.9. The van der Waals surface area contributed by atoms with Crippen molar-refractivity contribution in [2.75, 3.05) is 0 Å². The highest BCUT2D eigenvalue weighted by molar-refractivity contribution is 6.32. The molecule has 4 aromatic rings. The number of carbonyl (C=O) groups excluding carboxylic acids is 2. The van der Waals surface area contributed by atoms with Crippen LogP contribution in [0.4, 0.5) is 4.39 Å². The average molecular weight is 623 g/mol. The van der Waals surface area contributed by atoms with Gasteiger partial charge in [-0.3, -0.25) is 14.4 Å². The molecule has 2 heterocycles. The Morgan fingerprint density at radius 2 is 1.72 bits per heavy atom. The zero-order valence-electron chi connectivity index (χ0n) is 24.4. The Bertz CT molecular complexity index is 1840. The van der Waals surface area contributed by atoms with E-state index in [9.17, 15) is 18.8 Å².